The Kier molecular flexibility index (Phi) is 4.98. The summed E-state index contributed by atoms with van der Waals surface area (Å²) in [5, 5.41) is 9.74. The summed E-state index contributed by atoms with van der Waals surface area (Å²) in [5.74, 6) is 0.0471. The van der Waals surface area contributed by atoms with E-state index in [2.05, 4.69) is 4.98 Å². The molecule has 112 valence electrons. The summed E-state index contributed by atoms with van der Waals surface area (Å²) in [6, 6.07) is 3.36. The van der Waals surface area contributed by atoms with Crippen LogP contribution in [0.15, 0.2) is 29.7 Å². The molecule has 0 saturated heterocycles. The van der Waals surface area contributed by atoms with Crippen LogP contribution in [0.5, 0.6) is 11.5 Å². The second-order valence-corrected chi connectivity index (χ2v) is 5.27. The highest BCUT2D eigenvalue weighted by molar-refractivity contribution is 7.99. The summed E-state index contributed by atoms with van der Waals surface area (Å²) in [7, 11) is 3.05. The third kappa shape index (κ3) is 3.43. The topological polar surface area (TPSA) is 73.6 Å². The zero-order valence-electron chi connectivity index (χ0n) is 11.4. The van der Waals surface area contributed by atoms with Crippen LogP contribution in [0.2, 0.25) is 5.02 Å². The van der Waals surface area contributed by atoms with E-state index >= 15 is 0 Å². The normalized spacial score (nSPS) is 10.4. The average molecular weight is 329 g/mol. The van der Waals surface area contributed by atoms with Crippen LogP contribution in [0.3, 0.4) is 0 Å². The van der Waals surface area contributed by atoms with Gasteiger partial charge in [-0.2, -0.15) is 0 Å². The number of halogens is 1. The van der Waals surface area contributed by atoms with Crippen LogP contribution in [0.1, 0.15) is 0 Å². The fourth-order valence-corrected chi connectivity index (χ4v) is 2.66. The summed E-state index contributed by atoms with van der Waals surface area (Å²) >= 11 is 7.19. The number of nitrogens with zero attached hydrogens (tertiary/aromatic N) is 2. The van der Waals surface area contributed by atoms with E-state index in [0.717, 1.165) is 11.8 Å². The zero-order valence-corrected chi connectivity index (χ0v) is 12.9. The largest absolute Gasteiger partial charge is 0.495 e. The molecule has 0 bridgehead atoms. The fraction of sp³-hybridized carbons (Fsp3) is 0.231. The minimum absolute atomic E-state index is 0.0793. The lowest BCUT2D eigenvalue weighted by Gasteiger charge is -2.14. The Balaban J connectivity index is 2.46. The first-order chi connectivity index (χ1) is 10.1. The molecule has 0 fully saturated rings. The van der Waals surface area contributed by atoms with Gasteiger partial charge in [-0.05, 0) is 0 Å². The first-order valence-corrected chi connectivity index (χ1v) is 7.23. The molecule has 0 aliphatic rings. The van der Waals surface area contributed by atoms with E-state index in [9.17, 15) is 4.79 Å². The van der Waals surface area contributed by atoms with Gasteiger partial charge in [-0.25, -0.2) is 4.98 Å². The third-order valence-electron chi connectivity index (χ3n) is 2.64. The Labute approximate surface area is 130 Å². The van der Waals surface area contributed by atoms with Crippen molar-refractivity contribution in [1.29, 1.82) is 0 Å². The third-order valence-corrected chi connectivity index (χ3v) is 3.89. The van der Waals surface area contributed by atoms with Crippen molar-refractivity contribution in [3.8, 4) is 17.2 Å². The molecule has 1 aromatic carbocycles. The second-order valence-electron chi connectivity index (χ2n) is 3.92. The van der Waals surface area contributed by atoms with Crippen LogP contribution < -0.4 is 9.47 Å². The molecule has 2 aromatic rings. The lowest BCUT2D eigenvalue weighted by molar-refractivity contribution is -0.133. The van der Waals surface area contributed by atoms with E-state index in [1.165, 1.54) is 14.2 Å². The van der Waals surface area contributed by atoms with E-state index in [1.54, 1.807) is 29.1 Å². The maximum absolute atomic E-state index is 10.7. The number of hydrogen-bond acceptors (Lipinski definition) is 5. The summed E-state index contributed by atoms with van der Waals surface area (Å²) in [4.78, 5) is 14.8. The number of carboxylic acid groups (broad SMARTS) is 1. The van der Waals surface area contributed by atoms with Crippen LogP contribution in [0.25, 0.3) is 5.69 Å². The van der Waals surface area contributed by atoms with Gasteiger partial charge in [0.05, 0.1) is 30.7 Å². The van der Waals surface area contributed by atoms with Crippen molar-refractivity contribution in [2.24, 2.45) is 0 Å². The first-order valence-electron chi connectivity index (χ1n) is 5.86. The van der Waals surface area contributed by atoms with Gasteiger partial charge in [0.25, 0.3) is 0 Å². The highest BCUT2D eigenvalue weighted by atomic mass is 35.5. The van der Waals surface area contributed by atoms with Gasteiger partial charge in [-0.15, -0.1) is 0 Å². The molecule has 8 heteroatoms. The number of imidazole rings is 1. The molecular weight excluding hydrogens is 316 g/mol. The second kappa shape index (κ2) is 6.73. The number of rotatable bonds is 6. The van der Waals surface area contributed by atoms with Gasteiger partial charge < -0.3 is 14.6 Å². The van der Waals surface area contributed by atoms with E-state index in [0.29, 0.717) is 27.4 Å². The smallest absolute Gasteiger partial charge is 0.313 e. The standard InChI is InChI=1S/C13H13ClN2O4S/c1-19-10-6-9(11(20-2)5-8(10)14)16-4-3-15-13(16)21-7-12(17)18/h3-6H,7H2,1-2H3,(H,17,18). The molecule has 0 aliphatic carbocycles. The minimum atomic E-state index is -0.907. The average Bonchev–Trinajstić information content (AvgIpc) is 2.92. The lowest BCUT2D eigenvalue weighted by Crippen LogP contribution is -2.03. The summed E-state index contributed by atoms with van der Waals surface area (Å²) in [6.45, 7) is 0. The van der Waals surface area contributed by atoms with Gasteiger partial charge >= 0.3 is 5.97 Å². The van der Waals surface area contributed by atoms with Gasteiger partial charge in [-0.3, -0.25) is 9.36 Å². The molecule has 1 heterocycles. The summed E-state index contributed by atoms with van der Waals surface area (Å²) in [6.07, 6.45) is 3.31. The molecule has 0 atom stereocenters. The van der Waals surface area contributed by atoms with Crippen molar-refractivity contribution in [3.05, 3.63) is 29.5 Å². The molecule has 0 amide bonds. The monoisotopic (exact) mass is 328 g/mol. The predicted molar refractivity (Wildman–Crippen MR) is 80.0 cm³/mol. The van der Waals surface area contributed by atoms with E-state index in [1.807, 2.05) is 0 Å². The van der Waals surface area contributed by atoms with E-state index in [4.69, 9.17) is 26.2 Å². The Morgan fingerprint density at radius 2 is 2.10 bits per heavy atom. The number of ether oxygens (including phenoxy) is 2. The van der Waals surface area contributed by atoms with Gasteiger partial charge in [0.15, 0.2) is 5.16 Å². The van der Waals surface area contributed by atoms with Crippen LogP contribution >= 0.6 is 23.4 Å². The molecule has 2 rings (SSSR count). The van der Waals surface area contributed by atoms with Crippen molar-refractivity contribution in [3.63, 3.8) is 0 Å². The highest BCUT2D eigenvalue weighted by Gasteiger charge is 2.15. The number of carboxylic acids is 1. The molecular formula is C13H13ClN2O4S. The maximum Gasteiger partial charge on any atom is 0.313 e. The summed E-state index contributed by atoms with van der Waals surface area (Å²) in [5.41, 5.74) is 0.670. The van der Waals surface area contributed by atoms with Crippen LogP contribution in [-0.2, 0) is 4.79 Å². The molecule has 1 N–H and O–H groups in total. The Bertz CT molecular complexity index is 660. The molecule has 0 radical (unpaired) electrons. The minimum Gasteiger partial charge on any atom is -0.495 e. The van der Waals surface area contributed by atoms with E-state index < -0.39 is 5.97 Å². The number of methoxy groups -OCH3 is 2. The maximum atomic E-state index is 10.7. The Morgan fingerprint density at radius 1 is 1.38 bits per heavy atom. The van der Waals surface area contributed by atoms with Crippen LogP contribution in [-0.4, -0.2) is 40.6 Å². The highest BCUT2D eigenvalue weighted by Crippen LogP contribution is 2.36. The number of carbonyl (C=O) groups is 1. The molecule has 0 aliphatic heterocycles. The van der Waals surface area contributed by atoms with E-state index in [-0.39, 0.29) is 5.75 Å². The van der Waals surface area contributed by atoms with Crippen molar-refractivity contribution in [2.75, 3.05) is 20.0 Å². The van der Waals surface area contributed by atoms with Gasteiger partial charge in [0, 0.05) is 24.5 Å². The molecule has 21 heavy (non-hydrogen) atoms. The van der Waals surface area contributed by atoms with Crippen molar-refractivity contribution in [1.82, 2.24) is 9.55 Å². The van der Waals surface area contributed by atoms with Crippen LogP contribution in [0.4, 0.5) is 0 Å². The Morgan fingerprint density at radius 3 is 2.71 bits per heavy atom. The SMILES string of the molecule is COc1cc(-n2ccnc2SCC(=O)O)c(OC)cc1Cl. The van der Waals surface area contributed by atoms with Gasteiger partial charge in [0.2, 0.25) is 0 Å². The van der Waals surface area contributed by atoms with Crippen molar-refractivity contribution in [2.45, 2.75) is 5.16 Å². The Hall–Kier alpha value is -1.86. The lowest BCUT2D eigenvalue weighted by atomic mass is 10.2. The summed E-state index contributed by atoms with van der Waals surface area (Å²) < 4.78 is 12.2. The number of aliphatic carboxylic acids is 1. The predicted octanol–water partition coefficient (Wildman–Crippen LogP) is 2.72. The fourth-order valence-electron chi connectivity index (χ4n) is 1.74. The molecule has 6 nitrogen and oxygen atoms in total. The molecule has 0 spiro atoms. The zero-order chi connectivity index (χ0) is 15.4. The number of aromatic nitrogens is 2. The van der Waals surface area contributed by atoms with Crippen LogP contribution in [0, 0.1) is 0 Å². The number of hydrogen-bond donors (Lipinski definition) is 1. The quantitative estimate of drug-likeness (QED) is 0.822. The number of benzene rings is 1. The molecule has 1 aromatic heterocycles. The van der Waals surface area contributed by atoms with Gasteiger partial charge in [0.1, 0.15) is 11.5 Å². The van der Waals surface area contributed by atoms with Crippen molar-refractivity contribution >= 4 is 29.3 Å². The van der Waals surface area contributed by atoms with Crippen molar-refractivity contribution < 1.29 is 19.4 Å². The first kappa shape index (κ1) is 15.5. The molecule has 0 saturated carbocycles. The number of thioether (sulfide) groups is 1. The molecule has 0 unspecified atom stereocenters. The van der Waals surface area contributed by atoms with Gasteiger partial charge in [-0.1, -0.05) is 23.4 Å².